The van der Waals surface area contributed by atoms with Gasteiger partial charge in [-0.2, -0.15) is 0 Å². The smallest absolute Gasteiger partial charge is 0.191 e. The van der Waals surface area contributed by atoms with Gasteiger partial charge in [0.05, 0.1) is 0 Å². The molecule has 2 aliphatic rings. The molecule has 1 heterocycles. The van der Waals surface area contributed by atoms with Gasteiger partial charge in [-0.05, 0) is 39.8 Å². The van der Waals surface area contributed by atoms with E-state index in [-0.39, 0.29) is 0 Å². The highest BCUT2D eigenvalue weighted by Crippen LogP contribution is 2.35. The number of likely N-dealkylation sites (N-methyl/N-ethyl adjacent to an activating group) is 1. The van der Waals surface area contributed by atoms with E-state index in [0.717, 1.165) is 32.0 Å². The molecule has 0 atom stereocenters. The largest absolute Gasteiger partial charge is 0.356 e. The first-order valence-corrected chi connectivity index (χ1v) is 5.93. The molecule has 0 radical (unpaired) electrons. The molecular formula is C11H22N4. The van der Waals surface area contributed by atoms with E-state index in [4.69, 9.17) is 0 Å². The van der Waals surface area contributed by atoms with Crippen molar-refractivity contribution in [1.29, 1.82) is 0 Å². The van der Waals surface area contributed by atoms with Crippen molar-refractivity contribution in [2.45, 2.75) is 31.2 Å². The van der Waals surface area contributed by atoms with Gasteiger partial charge in [0.1, 0.15) is 0 Å². The predicted molar refractivity (Wildman–Crippen MR) is 63.2 cm³/mol. The lowest BCUT2D eigenvalue weighted by Crippen LogP contribution is -2.58. The molecule has 86 valence electrons. The molecule has 1 saturated carbocycles. The Balaban J connectivity index is 1.83. The van der Waals surface area contributed by atoms with Crippen molar-refractivity contribution in [3.63, 3.8) is 0 Å². The van der Waals surface area contributed by atoms with Crippen LogP contribution in [0.5, 0.6) is 0 Å². The van der Waals surface area contributed by atoms with E-state index in [9.17, 15) is 0 Å². The number of aliphatic imine (C=N–C) groups is 1. The molecule has 2 N–H and O–H groups in total. The molecule has 0 bridgehead atoms. The zero-order valence-electron chi connectivity index (χ0n) is 9.84. The predicted octanol–water partition coefficient (Wildman–Crippen LogP) is 0.410. The number of hydrogen-bond donors (Lipinski definition) is 2. The fourth-order valence-corrected chi connectivity index (χ4v) is 2.27. The van der Waals surface area contributed by atoms with Crippen LogP contribution in [0.15, 0.2) is 4.99 Å². The van der Waals surface area contributed by atoms with Gasteiger partial charge in [-0.3, -0.25) is 4.99 Å². The van der Waals surface area contributed by atoms with Gasteiger partial charge in [-0.25, -0.2) is 0 Å². The van der Waals surface area contributed by atoms with Gasteiger partial charge >= 0.3 is 0 Å². The summed E-state index contributed by atoms with van der Waals surface area (Å²) in [5.74, 6) is 0.995. The Kier molecular flexibility index (Phi) is 3.14. The van der Waals surface area contributed by atoms with E-state index < -0.39 is 0 Å². The zero-order valence-corrected chi connectivity index (χ0v) is 9.84. The highest BCUT2D eigenvalue weighted by Gasteiger charge is 2.38. The first-order chi connectivity index (χ1) is 7.23. The molecule has 0 spiro atoms. The van der Waals surface area contributed by atoms with Gasteiger partial charge < -0.3 is 15.5 Å². The Labute approximate surface area is 92.1 Å². The second-order valence-corrected chi connectivity index (χ2v) is 4.84. The van der Waals surface area contributed by atoms with Crippen LogP contribution in [-0.2, 0) is 0 Å². The standard InChI is InChI=1S/C11H22N4/c1-15(2)11(5-3-6-11)9-14-10-12-7-4-8-13-10/h3-9H2,1-2H3,(H2,12,13,14). The number of nitrogens with zero attached hydrogens (tertiary/aromatic N) is 2. The molecule has 1 fully saturated rings. The summed E-state index contributed by atoms with van der Waals surface area (Å²) in [4.78, 5) is 6.78. The summed E-state index contributed by atoms with van der Waals surface area (Å²) in [6.45, 7) is 3.04. The SMILES string of the molecule is CN(C)C1(CNC2=NCCCN2)CCC1. The summed E-state index contributed by atoms with van der Waals surface area (Å²) < 4.78 is 0. The summed E-state index contributed by atoms with van der Waals surface area (Å²) in [6, 6.07) is 0. The Bertz CT molecular complexity index is 243. The Morgan fingerprint density at radius 3 is 2.67 bits per heavy atom. The van der Waals surface area contributed by atoms with Crippen LogP contribution in [0, 0.1) is 0 Å². The highest BCUT2D eigenvalue weighted by atomic mass is 15.2. The molecule has 4 nitrogen and oxygen atoms in total. The van der Waals surface area contributed by atoms with Crippen LogP contribution in [0.25, 0.3) is 0 Å². The van der Waals surface area contributed by atoms with Crippen molar-refractivity contribution in [2.24, 2.45) is 4.99 Å². The maximum absolute atomic E-state index is 4.43. The lowest BCUT2D eigenvalue weighted by Gasteiger charge is -2.47. The normalized spacial score (nSPS) is 24.1. The van der Waals surface area contributed by atoms with Crippen LogP contribution >= 0.6 is 0 Å². The number of hydrogen-bond acceptors (Lipinski definition) is 4. The van der Waals surface area contributed by atoms with E-state index >= 15 is 0 Å². The number of guanidine groups is 1. The highest BCUT2D eigenvalue weighted by molar-refractivity contribution is 5.80. The third-order valence-corrected chi connectivity index (χ3v) is 3.72. The fraction of sp³-hybridized carbons (Fsp3) is 0.909. The quantitative estimate of drug-likeness (QED) is 0.709. The molecule has 0 unspecified atom stereocenters. The van der Waals surface area contributed by atoms with Crippen molar-refractivity contribution >= 4 is 5.96 Å². The second-order valence-electron chi connectivity index (χ2n) is 4.84. The first kappa shape index (κ1) is 10.7. The lowest BCUT2D eigenvalue weighted by molar-refractivity contribution is 0.0646. The first-order valence-electron chi connectivity index (χ1n) is 5.93. The summed E-state index contributed by atoms with van der Waals surface area (Å²) >= 11 is 0. The molecule has 0 aromatic heterocycles. The lowest BCUT2D eigenvalue weighted by atomic mass is 9.75. The van der Waals surface area contributed by atoms with E-state index in [1.807, 2.05) is 0 Å². The van der Waals surface area contributed by atoms with Crippen molar-refractivity contribution in [3.8, 4) is 0 Å². The monoisotopic (exact) mass is 210 g/mol. The van der Waals surface area contributed by atoms with Gasteiger partial charge in [0, 0.05) is 25.2 Å². The topological polar surface area (TPSA) is 39.7 Å². The van der Waals surface area contributed by atoms with Crippen LogP contribution in [0.4, 0.5) is 0 Å². The van der Waals surface area contributed by atoms with Crippen LogP contribution in [0.3, 0.4) is 0 Å². The second kappa shape index (κ2) is 4.39. The summed E-state index contributed by atoms with van der Waals surface area (Å²) in [7, 11) is 4.36. The molecule has 2 rings (SSSR count). The van der Waals surface area contributed by atoms with Crippen molar-refractivity contribution in [2.75, 3.05) is 33.7 Å². The van der Waals surface area contributed by atoms with Gasteiger partial charge in [-0.1, -0.05) is 0 Å². The minimum atomic E-state index is 0.377. The molecule has 15 heavy (non-hydrogen) atoms. The maximum atomic E-state index is 4.43. The van der Waals surface area contributed by atoms with Gasteiger partial charge in [-0.15, -0.1) is 0 Å². The van der Waals surface area contributed by atoms with Crippen LogP contribution < -0.4 is 10.6 Å². The van der Waals surface area contributed by atoms with Crippen LogP contribution in [0.1, 0.15) is 25.7 Å². The third-order valence-electron chi connectivity index (χ3n) is 3.72. The zero-order chi connectivity index (χ0) is 10.7. The minimum Gasteiger partial charge on any atom is -0.356 e. The number of rotatable bonds is 3. The van der Waals surface area contributed by atoms with Crippen LogP contribution in [-0.4, -0.2) is 50.1 Å². The van der Waals surface area contributed by atoms with E-state index in [2.05, 4.69) is 34.6 Å². The molecule has 0 amide bonds. The fourth-order valence-electron chi connectivity index (χ4n) is 2.27. The van der Waals surface area contributed by atoms with E-state index in [1.165, 1.54) is 19.3 Å². The van der Waals surface area contributed by atoms with E-state index in [0.29, 0.717) is 5.54 Å². The Morgan fingerprint density at radius 2 is 2.20 bits per heavy atom. The molecule has 1 aliphatic heterocycles. The van der Waals surface area contributed by atoms with Crippen molar-refractivity contribution in [3.05, 3.63) is 0 Å². The Hall–Kier alpha value is -0.770. The molecular weight excluding hydrogens is 188 g/mol. The minimum absolute atomic E-state index is 0.377. The molecule has 1 aliphatic carbocycles. The molecule has 0 saturated heterocycles. The van der Waals surface area contributed by atoms with E-state index in [1.54, 1.807) is 0 Å². The van der Waals surface area contributed by atoms with Crippen molar-refractivity contribution < 1.29 is 0 Å². The third kappa shape index (κ3) is 2.25. The average molecular weight is 210 g/mol. The summed E-state index contributed by atoms with van der Waals surface area (Å²) in [6.07, 6.45) is 5.13. The van der Waals surface area contributed by atoms with Crippen LogP contribution in [0.2, 0.25) is 0 Å². The molecule has 0 aromatic rings. The Morgan fingerprint density at radius 1 is 1.40 bits per heavy atom. The van der Waals surface area contributed by atoms with Gasteiger partial charge in [0.2, 0.25) is 0 Å². The molecule has 4 heteroatoms. The summed E-state index contributed by atoms with van der Waals surface area (Å²) in [5.41, 5.74) is 0.377. The molecule has 0 aromatic carbocycles. The van der Waals surface area contributed by atoms with Gasteiger partial charge in [0.25, 0.3) is 0 Å². The van der Waals surface area contributed by atoms with Crippen molar-refractivity contribution in [1.82, 2.24) is 15.5 Å². The van der Waals surface area contributed by atoms with Gasteiger partial charge in [0.15, 0.2) is 5.96 Å². The average Bonchev–Trinajstić information content (AvgIpc) is 2.17. The summed E-state index contributed by atoms with van der Waals surface area (Å²) in [5, 5.41) is 6.74. The number of nitrogens with one attached hydrogen (secondary N) is 2. The maximum Gasteiger partial charge on any atom is 0.191 e.